The highest BCUT2D eigenvalue weighted by Crippen LogP contribution is 2.21. The van der Waals surface area contributed by atoms with E-state index in [1.165, 1.54) is 6.07 Å². The molecule has 1 N–H and O–H groups in total. The lowest BCUT2D eigenvalue weighted by atomic mass is 10.1. The molecule has 3 aromatic rings. The number of halogens is 1. The van der Waals surface area contributed by atoms with Gasteiger partial charge in [0.2, 0.25) is 5.52 Å². The number of aromatic nitrogens is 1. The predicted molar refractivity (Wildman–Crippen MR) is 90.9 cm³/mol. The molecule has 1 amide bonds. The molecule has 0 aliphatic heterocycles. The number of nitro benzene ring substituents is 1. The molecule has 1 heterocycles. The summed E-state index contributed by atoms with van der Waals surface area (Å²) in [5.41, 5.74) is 2.40. The van der Waals surface area contributed by atoms with Crippen molar-refractivity contribution < 1.29 is 26.7 Å². The Kier molecular flexibility index (Phi) is 5.34. The Morgan fingerprint density at radius 1 is 1.16 bits per heavy atom. The van der Waals surface area contributed by atoms with Crippen molar-refractivity contribution in [3.05, 3.63) is 76.0 Å². The average Bonchev–Trinajstić information content (AvgIpc) is 2.55. The first-order valence-corrected chi connectivity index (χ1v) is 7.40. The van der Waals surface area contributed by atoms with Crippen LogP contribution in [0.3, 0.4) is 0 Å². The van der Waals surface area contributed by atoms with Gasteiger partial charge in [0.1, 0.15) is 7.05 Å². The van der Waals surface area contributed by atoms with Crippen molar-refractivity contribution in [1.82, 2.24) is 0 Å². The first-order valence-electron chi connectivity index (χ1n) is 7.40. The lowest BCUT2D eigenvalue weighted by Crippen LogP contribution is -3.00. The van der Waals surface area contributed by atoms with Crippen LogP contribution in [0, 0.1) is 17.0 Å². The molecule has 0 saturated heterocycles. The SMILES string of the molecule is Cc1ccc(C(=O)Nc2ccc3c(ccc[n+]3C)c2)cc1[N+](=O)[O-].[Cl-]. The number of fused-ring (bicyclic) bond motifs is 1. The van der Waals surface area contributed by atoms with Gasteiger partial charge in [-0.1, -0.05) is 6.07 Å². The minimum absolute atomic E-state index is 0. The van der Waals surface area contributed by atoms with E-state index in [9.17, 15) is 14.9 Å². The number of hydrogen-bond donors (Lipinski definition) is 1. The minimum Gasteiger partial charge on any atom is -1.00 e. The number of aryl methyl sites for hydroxylation is 2. The Bertz CT molecular complexity index is 973. The molecule has 0 unspecified atom stereocenters. The fourth-order valence-corrected chi connectivity index (χ4v) is 2.59. The molecule has 0 radical (unpaired) electrons. The molecule has 0 aliphatic carbocycles. The smallest absolute Gasteiger partial charge is 0.273 e. The number of nitro groups is 1. The van der Waals surface area contributed by atoms with Crippen LogP contribution in [-0.4, -0.2) is 10.8 Å². The molecule has 128 valence electrons. The lowest BCUT2D eigenvalue weighted by molar-refractivity contribution is -0.644. The summed E-state index contributed by atoms with van der Waals surface area (Å²) in [6.07, 6.45) is 1.95. The van der Waals surface area contributed by atoms with Crippen LogP contribution >= 0.6 is 0 Å². The number of nitrogens with one attached hydrogen (secondary N) is 1. The van der Waals surface area contributed by atoms with Crippen LogP contribution in [0.2, 0.25) is 0 Å². The molecule has 0 spiro atoms. The number of rotatable bonds is 3. The van der Waals surface area contributed by atoms with Gasteiger partial charge in [-0.15, -0.1) is 0 Å². The normalized spacial score (nSPS) is 10.2. The fraction of sp³-hybridized carbons (Fsp3) is 0.111. The van der Waals surface area contributed by atoms with Crippen molar-refractivity contribution in [1.29, 1.82) is 0 Å². The number of amides is 1. The summed E-state index contributed by atoms with van der Waals surface area (Å²) >= 11 is 0. The third-order valence-corrected chi connectivity index (χ3v) is 3.92. The van der Waals surface area contributed by atoms with E-state index in [1.807, 2.05) is 48.1 Å². The zero-order valence-corrected chi connectivity index (χ0v) is 14.4. The van der Waals surface area contributed by atoms with Gasteiger partial charge in [-0.2, -0.15) is 0 Å². The Morgan fingerprint density at radius 2 is 1.92 bits per heavy atom. The van der Waals surface area contributed by atoms with Gasteiger partial charge < -0.3 is 17.7 Å². The number of carbonyl (C=O) groups is 1. The molecule has 25 heavy (non-hydrogen) atoms. The molecule has 0 saturated carbocycles. The molecular weight excluding hydrogens is 342 g/mol. The largest absolute Gasteiger partial charge is 1.00 e. The zero-order valence-electron chi connectivity index (χ0n) is 13.7. The first kappa shape index (κ1) is 18.4. The molecule has 0 atom stereocenters. The fourth-order valence-electron chi connectivity index (χ4n) is 2.59. The molecule has 2 aromatic carbocycles. The van der Waals surface area contributed by atoms with Gasteiger partial charge in [-0.3, -0.25) is 14.9 Å². The van der Waals surface area contributed by atoms with Crippen LogP contribution in [0.15, 0.2) is 54.7 Å². The number of benzene rings is 2. The second-order valence-corrected chi connectivity index (χ2v) is 5.61. The summed E-state index contributed by atoms with van der Waals surface area (Å²) < 4.78 is 1.99. The van der Waals surface area contributed by atoms with Gasteiger partial charge in [0.15, 0.2) is 6.20 Å². The molecule has 7 heteroatoms. The van der Waals surface area contributed by atoms with Gasteiger partial charge in [0, 0.05) is 40.4 Å². The highest BCUT2D eigenvalue weighted by Gasteiger charge is 2.15. The molecule has 3 rings (SSSR count). The van der Waals surface area contributed by atoms with E-state index in [1.54, 1.807) is 19.1 Å². The highest BCUT2D eigenvalue weighted by atomic mass is 35.5. The van der Waals surface area contributed by atoms with Gasteiger partial charge in [0.25, 0.3) is 11.6 Å². The van der Waals surface area contributed by atoms with Crippen molar-refractivity contribution in [2.75, 3.05) is 5.32 Å². The molecule has 0 bridgehead atoms. The quantitative estimate of drug-likeness (QED) is 0.411. The van der Waals surface area contributed by atoms with Crippen LogP contribution in [0.25, 0.3) is 10.9 Å². The molecular formula is C18H16ClN3O3. The van der Waals surface area contributed by atoms with E-state index in [4.69, 9.17) is 0 Å². The highest BCUT2D eigenvalue weighted by molar-refractivity contribution is 6.05. The van der Waals surface area contributed by atoms with E-state index in [0.717, 1.165) is 10.9 Å². The molecule has 0 aliphatic rings. The van der Waals surface area contributed by atoms with Crippen LogP contribution < -0.4 is 22.3 Å². The summed E-state index contributed by atoms with van der Waals surface area (Å²) in [5, 5.41) is 14.8. The summed E-state index contributed by atoms with van der Waals surface area (Å²) in [6.45, 7) is 1.64. The summed E-state index contributed by atoms with van der Waals surface area (Å²) in [4.78, 5) is 22.9. The maximum atomic E-state index is 12.4. The zero-order chi connectivity index (χ0) is 17.3. The van der Waals surface area contributed by atoms with E-state index < -0.39 is 4.92 Å². The summed E-state index contributed by atoms with van der Waals surface area (Å²) in [6, 6.07) is 13.9. The van der Waals surface area contributed by atoms with Crippen molar-refractivity contribution in [2.24, 2.45) is 7.05 Å². The second-order valence-electron chi connectivity index (χ2n) is 5.61. The number of carbonyl (C=O) groups excluding carboxylic acids is 1. The lowest BCUT2D eigenvalue weighted by Gasteiger charge is -2.07. The van der Waals surface area contributed by atoms with E-state index in [-0.39, 0.29) is 29.6 Å². The minimum atomic E-state index is -0.484. The van der Waals surface area contributed by atoms with Gasteiger partial charge >= 0.3 is 0 Å². The van der Waals surface area contributed by atoms with Gasteiger partial charge in [-0.25, -0.2) is 4.57 Å². The van der Waals surface area contributed by atoms with Crippen molar-refractivity contribution in [2.45, 2.75) is 6.92 Å². The van der Waals surface area contributed by atoms with Crippen LogP contribution in [-0.2, 0) is 7.05 Å². The monoisotopic (exact) mass is 357 g/mol. The third-order valence-electron chi connectivity index (χ3n) is 3.92. The maximum Gasteiger partial charge on any atom is 0.273 e. The Morgan fingerprint density at radius 3 is 2.64 bits per heavy atom. The number of hydrogen-bond acceptors (Lipinski definition) is 3. The number of nitrogens with zero attached hydrogens (tertiary/aromatic N) is 2. The van der Waals surface area contributed by atoms with E-state index in [0.29, 0.717) is 11.3 Å². The van der Waals surface area contributed by atoms with E-state index >= 15 is 0 Å². The topological polar surface area (TPSA) is 76.1 Å². The van der Waals surface area contributed by atoms with Gasteiger partial charge in [-0.05, 0) is 31.2 Å². The number of anilines is 1. The Balaban J connectivity index is 0.00000225. The van der Waals surface area contributed by atoms with Crippen LogP contribution in [0.5, 0.6) is 0 Å². The molecule has 1 aromatic heterocycles. The van der Waals surface area contributed by atoms with Crippen molar-refractivity contribution in [3.8, 4) is 0 Å². The Labute approximate surface area is 150 Å². The van der Waals surface area contributed by atoms with Crippen LogP contribution in [0.4, 0.5) is 11.4 Å². The Hall–Kier alpha value is -2.99. The first-order chi connectivity index (χ1) is 11.5. The molecule has 6 nitrogen and oxygen atoms in total. The second kappa shape index (κ2) is 7.27. The number of pyridine rings is 1. The van der Waals surface area contributed by atoms with Crippen LogP contribution in [0.1, 0.15) is 15.9 Å². The van der Waals surface area contributed by atoms with Crippen molar-refractivity contribution >= 4 is 28.2 Å². The molecule has 0 fully saturated rings. The third kappa shape index (κ3) is 3.75. The van der Waals surface area contributed by atoms with E-state index in [2.05, 4.69) is 5.32 Å². The predicted octanol–water partition coefficient (Wildman–Crippen LogP) is 0.137. The summed E-state index contributed by atoms with van der Waals surface area (Å²) in [7, 11) is 1.95. The average molecular weight is 358 g/mol. The maximum absolute atomic E-state index is 12.4. The van der Waals surface area contributed by atoms with Crippen molar-refractivity contribution in [3.63, 3.8) is 0 Å². The standard InChI is InChI=1S/C18H15N3O3.ClH/c1-12-5-6-14(11-17(12)21(23)24)18(22)19-15-7-8-16-13(10-15)4-3-9-20(16)2;/h3-11H,1-2H3;1H. The summed E-state index contributed by atoms with van der Waals surface area (Å²) in [5.74, 6) is -0.377. The van der Waals surface area contributed by atoms with Gasteiger partial charge in [0.05, 0.1) is 4.92 Å².